The summed E-state index contributed by atoms with van der Waals surface area (Å²) in [6, 6.07) is 9.39. The highest BCUT2D eigenvalue weighted by molar-refractivity contribution is 5.35. The number of aromatic amines is 1. The molecular weight excluding hydrogens is 216 g/mol. The van der Waals surface area contributed by atoms with E-state index in [0.717, 1.165) is 11.3 Å². The molecule has 1 aromatic carbocycles. The van der Waals surface area contributed by atoms with Crippen molar-refractivity contribution in [1.29, 1.82) is 5.26 Å². The molecular formula is C12H11N4O+. The van der Waals surface area contributed by atoms with Crippen molar-refractivity contribution in [2.75, 3.05) is 0 Å². The van der Waals surface area contributed by atoms with Crippen LogP contribution in [0.3, 0.4) is 0 Å². The normalized spacial score (nSPS) is 9.88. The summed E-state index contributed by atoms with van der Waals surface area (Å²) in [7, 11) is 0. The maximum absolute atomic E-state index is 10.5. The summed E-state index contributed by atoms with van der Waals surface area (Å²) in [5.74, 6) is 0. The van der Waals surface area contributed by atoms with E-state index >= 15 is 0 Å². The Hall–Kier alpha value is -2.48. The summed E-state index contributed by atoms with van der Waals surface area (Å²) in [6.45, 7) is 2.45. The van der Waals surface area contributed by atoms with Crippen LogP contribution in [0.15, 0.2) is 35.6 Å². The molecule has 0 aliphatic heterocycles. The van der Waals surface area contributed by atoms with Gasteiger partial charge in [0.2, 0.25) is 5.69 Å². The Balaban J connectivity index is 2.22. The molecule has 0 saturated heterocycles. The highest BCUT2D eigenvalue weighted by Crippen LogP contribution is 2.12. The highest BCUT2D eigenvalue weighted by Gasteiger charge is 2.15. The quantitative estimate of drug-likeness (QED) is 0.642. The molecule has 5 heteroatoms. The third-order valence-electron chi connectivity index (χ3n) is 2.65. The molecule has 1 N–H and O–H groups in total. The van der Waals surface area contributed by atoms with Crippen LogP contribution in [0.1, 0.15) is 16.8 Å². The minimum absolute atomic E-state index is 0.415. The second-order valence-electron chi connectivity index (χ2n) is 3.73. The van der Waals surface area contributed by atoms with Crippen LogP contribution in [0.5, 0.6) is 0 Å². The zero-order valence-corrected chi connectivity index (χ0v) is 9.34. The Kier molecular flexibility index (Phi) is 2.97. The lowest BCUT2D eigenvalue weighted by atomic mass is 10.1. The van der Waals surface area contributed by atoms with Gasteiger partial charge in [-0.05, 0) is 17.3 Å². The third kappa shape index (κ3) is 2.21. The molecule has 0 radical (unpaired) electrons. The molecule has 17 heavy (non-hydrogen) atoms. The number of rotatable bonds is 3. The predicted octanol–water partition coefficient (Wildman–Crippen LogP) is 1.93. The van der Waals surface area contributed by atoms with Crippen LogP contribution in [-0.4, -0.2) is 5.10 Å². The number of nitroso groups, excluding NO2 is 1. The van der Waals surface area contributed by atoms with E-state index in [1.54, 1.807) is 18.3 Å². The van der Waals surface area contributed by atoms with Crippen LogP contribution in [-0.2, 0) is 6.54 Å². The van der Waals surface area contributed by atoms with Crippen LogP contribution in [0.4, 0.5) is 5.69 Å². The maximum atomic E-state index is 10.5. The molecule has 0 unspecified atom stereocenters. The van der Waals surface area contributed by atoms with Crippen LogP contribution in [0, 0.1) is 23.2 Å². The summed E-state index contributed by atoms with van der Waals surface area (Å²) < 4.78 is 1.83. The highest BCUT2D eigenvalue weighted by atomic mass is 16.3. The van der Waals surface area contributed by atoms with Crippen LogP contribution < -0.4 is 4.68 Å². The van der Waals surface area contributed by atoms with Gasteiger partial charge in [-0.2, -0.15) is 10.4 Å². The van der Waals surface area contributed by atoms with Gasteiger partial charge in [0.15, 0.2) is 12.2 Å². The van der Waals surface area contributed by atoms with E-state index in [2.05, 4.69) is 16.3 Å². The molecule has 1 heterocycles. The fraction of sp³-hybridized carbons (Fsp3) is 0.167. The lowest BCUT2D eigenvalue weighted by Crippen LogP contribution is -2.38. The first-order valence-electron chi connectivity index (χ1n) is 5.15. The van der Waals surface area contributed by atoms with Gasteiger partial charge in [-0.25, -0.2) is 0 Å². The van der Waals surface area contributed by atoms with Crippen molar-refractivity contribution < 1.29 is 4.68 Å². The molecule has 5 nitrogen and oxygen atoms in total. The van der Waals surface area contributed by atoms with E-state index in [0.29, 0.717) is 17.8 Å². The van der Waals surface area contributed by atoms with Gasteiger partial charge in [-0.3, -0.25) is 0 Å². The first-order chi connectivity index (χ1) is 8.24. The lowest BCUT2D eigenvalue weighted by Gasteiger charge is -1.96. The van der Waals surface area contributed by atoms with E-state index in [-0.39, 0.29) is 0 Å². The average Bonchev–Trinajstić information content (AvgIpc) is 2.71. The van der Waals surface area contributed by atoms with Gasteiger partial charge in [-0.1, -0.05) is 12.1 Å². The molecule has 0 fully saturated rings. The van der Waals surface area contributed by atoms with Crippen molar-refractivity contribution in [2.24, 2.45) is 5.18 Å². The largest absolute Gasteiger partial charge is 0.234 e. The summed E-state index contributed by atoms with van der Waals surface area (Å²) in [5, 5.41) is 14.6. The topological polar surface area (TPSA) is 72.9 Å². The minimum Gasteiger partial charge on any atom is -0.192 e. The SMILES string of the molecule is Cc1c(N=O)c[nH][n+]1Cc1ccc(C#N)cc1. The number of nitriles is 1. The molecule has 0 aliphatic rings. The van der Waals surface area contributed by atoms with E-state index in [9.17, 15) is 4.91 Å². The van der Waals surface area contributed by atoms with Crippen molar-refractivity contribution in [1.82, 2.24) is 5.10 Å². The first kappa shape index (κ1) is 11.0. The standard InChI is InChI=1S/C12H10N4O/c1-9-12(15-17)7-14-16(9)8-11-4-2-10(6-13)3-5-11/h2-5,7H,8H2,1H3/p+1. The van der Waals surface area contributed by atoms with Gasteiger partial charge in [0, 0.05) is 12.5 Å². The lowest BCUT2D eigenvalue weighted by molar-refractivity contribution is -0.747. The Morgan fingerprint density at radius 2 is 2.12 bits per heavy atom. The van der Waals surface area contributed by atoms with Gasteiger partial charge < -0.3 is 0 Å². The maximum Gasteiger partial charge on any atom is 0.234 e. The fourth-order valence-electron chi connectivity index (χ4n) is 1.60. The number of nitrogens with one attached hydrogen (secondary N) is 1. The Labute approximate surface area is 98.3 Å². The van der Waals surface area contributed by atoms with E-state index in [1.807, 2.05) is 23.7 Å². The Morgan fingerprint density at radius 1 is 1.41 bits per heavy atom. The van der Waals surface area contributed by atoms with Gasteiger partial charge in [0.1, 0.15) is 0 Å². The number of benzene rings is 1. The van der Waals surface area contributed by atoms with E-state index < -0.39 is 0 Å². The minimum atomic E-state index is 0.415. The molecule has 0 spiro atoms. The molecule has 2 aromatic rings. The number of hydrogen-bond donors (Lipinski definition) is 1. The average molecular weight is 227 g/mol. The van der Waals surface area contributed by atoms with Crippen molar-refractivity contribution in [3.8, 4) is 6.07 Å². The Bertz CT molecular complexity index is 578. The van der Waals surface area contributed by atoms with E-state index in [1.165, 1.54) is 0 Å². The molecule has 0 bridgehead atoms. The number of hydrogen-bond acceptors (Lipinski definition) is 3. The van der Waals surface area contributed by atoms with Crippen molar-refractivity contribution in [3.63, 3.8) is 0 Å². The second-order valence-corrected chi connectivity index (χ2v) is 3.73. The predicted molar refractivity (Wildman–Crippen MR) is 61.4 cm³/mol. The molecule has 84 valence electrons. The van der Waals surface area contributed by atoms with Gasteiger partial charge >= 0.3 is 0 Å². The molecule has 0 aliphatic carbocycles. The molecule has 0 amide bonds. The molecule has 0 atom stereocenters. The fourth-order valence-corrected chi connectivity index (χ4v) is 1.60. The van der Waals surface area contributed by atoms with E-state index in [4.69, 9.17) is 5.26 Å². The molecule has 1 aromatic heterocycles. The number of H-pyrrole nitrogens is 1. The summed E-state index contributed by atoms with van der Waals surface area (Å²) in [4.78, 5) is 10.5. The third-order valence-corrected chi connectivity index (χ3v) is 2.65. The van der Waals surface area contributed by atoms with Crippen molar-refractivity contribution in [3.05, 3.63) is 52.2 Å². The second kappa shape index (κ2) is 4.58. The first-order valence-corrected chi connectivity index (χ1v) is 5.15. The van der Waals surface area contributed by atoms with Crippen molar-refractivity contribution in [2.45, 2.75) is 13.5 Å². The molecule has 2 rings (SSSR count). The molecule has 0 saturated carbocycles. The summed E-state index contributed by atoms with van der Waals surface area (Å²) in [5.41, 5.74) is 2.90. The zero-order chi connectivity index (χ0) is 12.3. The van der Waals surface area contributed by atoms with Gasteiger partial charge in [-0.15, -0.1) is 9.59 Å². The van der Waals surface area contributed by atoms with Crippen molar-refractivity contribution >= 4 is 5.69 Å². The number of nitrogens with zero attached hydrogens (tertiary/aromatic N) is 3. The van der Waals surface area contributed by atoms with Crippen LogP contribution >= 0.6 is 0 Å². The van der Waals surface area contributed by atoms with Gasteiger partial charge in [0.05, 0.1) is 17.8 Å². The summed E-state index contributed by atoms with van der Waals surface area (Å²) in [6.07, 6.45) is 1.58. The van der Waals surface area contributed by atoms with Crippen LogP contribution in [0.2, 0.25) is 0 Å². The smallest absolute Gasteiger partial charge is 0.192 e. The summed E-state index contributed by atoms with van der Waals surface area (Å²) >= 11 is 0. The number of aromatic nitrogens is 2. The Morgan fingerprint density at radius 3 is 2.65 bits per heavy atom. The van der Waals surface area contributed by atoms with Crippen LogP contribution in [0.25, 0.3) is 0 Å². The monoisotopic (exact) mass is 227 g/mol. The zero-order valence-electron chi connectivity index (χ0n) is 9.34. The van der Waals surface area contributed by atoms with Gasteiger partial charge in [0.25, 0.3) is 0 Å².